The summed E-state index contributed by atoms with van der Waals surface area (Å²) in [6.45, 7) is 19.6. The molecule has 1 aromatic rings. The molecule has 40 heavy (non-hydrogen) atoms. The van der Waals surface area contributed by atoms with Crippen molar-refractivity contribution in [3.05, 3.63) is 63.8 Å². The van der Waals surface area contributed by atoms with E-state index in [0.29, 0.717) is 36.0 Å². The maximum absolute atomic E-state index is 10.9. The van der Waals surface area contributed by atoms with Crippen LogP contribution >= 0.6 is 0 Å². The number of piperidine rings is 1. The lowest BCUT2D eigenvalue weighted by molar-refractivity contribution is 0.126. The minimum Gasteiger partial charge on any atom is -0.386 e. The average Bonchev–Trinajstić information content (AvgIpc) is 2.93. The summed E-state index contributed by atoms with van der Waals surface area (Å²) in [5.41, 5.74) is 12.5. The molecule has 0 unspecified atom stereocenters. The van der Waals surface area contributed by atoms with Gasteiger partial charge in [-0.1, -0.05) is 58.4 Å². The Balaban J connectivity index is 0.00000391. The van der Waals surface area contributed by atoms with Crippen LogP contribution in [0, 0.1) is 29.6 Å². The third-order valence-corrected chi connectivity index (χ3v) is 7.85. The Bertz CT molecular complexity index is 1090. The molecular weight excluding hydrogens is 492 g/mol. The van der Waals surface area contributed by atoms with Crippen molar-refractivity contribution in [3.8, 4) is 6.07 Å². The molecule has 0 amide bonds. The second-order valence-corrected chi connectivity index (χ2v) is 11.6. The zero-order valence-electron chi connectivity index (χ0n) is 26.8. The van der Waals surface area contributed by atoms with Gasteiger partial charge in [0, 0.05) is 24.3 Å². The van der Waals surface area contributed by atoms with Crippen molar-refractivity contribution in [1.29, 1.82) is 10.7 Å². The molecule has 0 atom stereocenters. The first-order valence-corrected chi connectivity index (χ1v) is 15.2. The third kappa shape index (κ3) is 9.84. The Hall–Kier alpha value is -2.52. The highest BCUT2D eigenvalue weighted by Gasteiger charge is 2.25. The van der Waals surface area contributed by atoms with E-state index in [1.54, 1.807) is 13.8 Å². The molecule has 0 saturated carbocycles. The summed E-state index contributed by atoms with van der Waals surface area (Å²) in [6, 6.07) is 9.33. The summed E-state index contributed by atoms with van der Waals surface area (Å²) in [4.78, 5) is 2.42. The quantitative estimate of drug-likeness (QED) is 0.182. The molecule has 1 fully saturated rings. The minimum atomic E-state index is -1.07. The van der Waals surface area contributed by atoms with Gasteiger partial charge in [0.05, 0.1) is 11.7 Å². The number of allylic oxidation sites excluding steroid dienone is 5. The summed E-state index contributed by atoms with van der Waals surface area (Å²) in [7, 11) is 1.50. The molecule has 1 heterocycles. The first-order chi connectivity index (χ1) is 19.0. The van der Waals surface area contributed by atoms with E-state index in [0.717, 1.165) is 50.9 Å². The summed E-state index contributed by atoms with van der Waals surface area (Å²) < 4.78 is 0. The van der Waals surface area contributed by atoms with Gasteiger partial charge < -0.3 is 21.1 Å². The Morgan fingerprint density at radius 1 is 1.23 bits per heavy atom. The van der Waals surface area contributed by atoms with Crippen LogP contribution in [0.2, 0.25) is 0 Å². The van der Waals surface area contributed by atoms with Crippen LogP contribution < -0.4 is 5.73 Å². The maximum Gasteiger partial charge on any atom is 0.0858 e. The van der Waals surface area contributed by atoms with Gasteiger partial charge in [-0.15, -0.1) is 0 Å². The van der Waals surface area contributed by atoms with Gasteiger partial charge in [-0.25, -0.2) is 0 Å². The van der Waals surface area contributed by atoms with Gasteiger partial charge in [-0.3, -0.25) is 0 Å². The largest absolute Gasteiger partial charge is 0.386 e. The van der Waals surface area contributed by atoms with E-state index < -0.39 is 5.60 Å². The van der Waals surface area contributed by atoms with Crippen LogP contribution in [-0.2, 0) is 0 Å². The number of aryl methyl sites for hydroxylation is 1. The van der Waals surface area contributed by atoms with Crippen LogP contribution in [0.3, 0.4) is 0 Å². The van der Waals surface area contributed by atoms with E-state index in [9.17, 15) is 5.11 Å². The van der Waals surface area contributed by atoms with Gasteiger partial charge in [0.2, 0.25) is 0 Å². The van der Waals surface area contributed by atoms with Crippen LogP contribution in [0.4, 0.5) is 0 Å². The third-order valence-electron chi connectivity index (χ3n) is 7.85. The molecule has 1 aliphatic rings. The van der Waals surface area contributed by atoms with Gasteiger partial charge in [0.15, 0.2) is 0 Å². The van der Waals surface area contributed by atoms with Crippen molar-refractivity contribution in [2.24, 2.45) is 11.7 Å². The molecule has 0 aromatic heterocycles. The van der Waals surface area contributed by atoms with Crippen molar-refractivity contribution in [2.75, 3.05) is 26.7 Å². The average molecular weight is 549 g/mol. The lowest BCUT2D eigenvalue weighted by Crippen LogP contribution is -2.33. The van der Waals surface area contributed by atoms with E-state index in [1.165, 1.54) is 34.9 Å². The Labute approximate surface area is 245 Å². The number of likely N-dealkylation sites (tertiary alicyclic amines) is 1. The molecule has 222 valence electrons. The number of nitriles is 1. The Morgan fingerprint density at radius 2 is 1.85 bits per heavy atom. The second-order valence-electron chi connectivity index (χ2n) is 11.6. The predicted molar refractivity (Wildman–Crippen MR) is 173 cm³/mol. The molecule has 0 bridgehead atoms. The second kappa shape index (κ2) is 17.3. The number of aliphatic hydroxyl groups is 1. The van der Waals surface area contributed by atoms with Crippen molar-refractivity contribution >= 4 is 11.3 Å². The molecule has 0 spiro atoms. The lowest BCUT2D eigenvalue weighted by atomic mass is 9.80. The van der Waals surface area contributed by atoms with E-state index in [4.69, 9.17) is 10.7 Å². The fraction of sp³-hybridized carbons (Fsp3) is 0.600. The van der Waals surface area contributed by atoms with Crippen LogP contribution in [0.1, 0.15) is 110 Å². The fourth-order valence-electron chi connectivity index (χ4n) is 5.71. The summed E-state index contributed by atoms with van der Waals surface area (Å²) in [5, 5.41) is 28.4. The molecule has 4 N–H and O–H groups in total. The molecule has 1 saturated heterocycles. The summed E-state index contributed by atoms with van der Waals surface area (Å²) in [6.07, 6.45) is 9.65. The molecule has 0 radical (unpaired) electrons. The van der Waals surface area contributed by atoms with Crippen LogP contribution in [0.25, 0.3) is 5.57 Å². The zero-order chi connectivity index (χ0) is 30.5. The van der Waals surface area contributed by atoms with E-state index in [1.807, 2.05) is 6.92 Å². The SMILES string of the molecule is C/C=C(\C=C(/C(=N)CC)C(C)(C)O)C(/CCC)=C(/c1cc(C2CCN(CCC#N)CC2)ccc1C)C(C)C.CN. The number of rotatable bonds is 12. The Kier molecular flexibility index (Phi) is 15.4. The van der Waals surface area contributed by atoms with E-state index in [-0.39, 0.29) is 0 Å². The van der Waals surface area contributed by atoms with Gasteiger partial charge in [-0.05, 0) is 125 Å². The van der Waals surface area contributed by atoms with E-state index in [2.05, 4.69) is 81.7 Å². The van der Waals surface area contributed by atoms with Gasteiger partial charge >= 0.3 is 0 Å². The molecule has 1 aliphatic heterocycles. The smallest absolute Gasteiger partial charge is 0.0858 e. The van der Waals surface area contributed by atoms with Crippen LogP contribution in [0.5, 0.6) is 0 Å². The van der Waals surface area contributed by atoms with Crippen molar-refractivity contribution in [1.82, 2.24) is 4.90 Å². The minimum absolute atomic E-state index is 0.331. The molecule has 0 aliphatic carbocycles. The van der Waals surface area contributed by atoms with Gasteiger partial charge in [-0.2, -0.15) is 5.26 Å². The standard InChI is InChI=1S/C34H51N3O.CH5N/c1-9-13-29(26(10-2)23-31(32(36)11-3)34(7,8)38)33(24(4)5)30-22-28(15-14-25(30)6)27-16-20-37(21-17-27)19-12-18-35;1-2/h10,14-15,22-24,27,36,38H,9,11-13,16-17,19-21H2,1-8H3;2H2,1H3/b26-10+,31-23+,33-29+,36-32?;. The number of hydrogen-bond acceptors (Lipinski definition) is 5. The number of nitrogens with one attached hydrogen (secondary N) is 1. The first-order valence-electron chi connectivity index (χ1n) is 15.2. The summed E-state index contributed by atoms with van der Waals surface area (Å²) >= 11 is 0. The fourth-order valence-corrected chi connectivity index (χ4v) is 5.71. The highest BCUT2D eigenvalue weighted by molar-refractivity contribution is 6.00. The van der Waals surface area contributed by atoms with Crippen molar-refractivity contribution < 1.29 is 5.11 Å². The molecular formula is C35H56N4O. The maximum atomic E-state index is 10.9. The highest BCUT2D eigenvalue weighted by Crippen LogP contribution is 2.38. The number of benzene rings is 1. The monoisotopic (exact) mass is 548 g/mol. The van der Waals surface area contributed by atoms with Crippen molar-refractivity contribution in [3.63, 3.8) is 0 Å². The van der Waals surface area contributed by atoms with Crippen LogP contribution in [-0.4, -0.2) is 48.0 Å². The molecule has 5 nitrogen and oxygen atoms in total. The van der Waals surface area contributed by atoms with Gasteiger partial charge in [0.25, 0.3) is 0 Å². The van der Waals surface area contributed by atoms with E-state index >= 15 is 0 Å². The molecule has 5 heteroatoms. The Morgan fingerprint density at radius 3 is 2.33 bits per heavy atom. The number of hydrogen-bond donors (Lipinski definition) is 3. The predicted octanol–water partition coefficient (Wildman–Crippen LogP) is 7.95. The molecule has 2 rings (SSSR count). The molecule has 1 aromatic carbocycles. The zero-order valence-corrected chi connectivity index (χ0v) is 26.8. The lowest BCUT2D eigenvalue weighted by Gasteiger charge is -2.32. The highest BCUT2D eigenvalue weighted by atomic mass is 16.3. The van der Waals surface area contributed by atoms with Crippen molar-refractivity contribution in [2.45, 2.75) is 105 Å². The first kappa shape index (κ1) is 35.5. The number of nitrogens with zero attached hydrogens (tertiary/aromatic N) is 2. The number of nitrogens with two attached hydrogens (primary N) is 1. The normalized spacial score (nSPS) is 16.3. The van der Waals surface area contributed by atoms with Gasteiger partial charge in [0.1, 0.15) is 0 Å². The topological polar surface area (TPSA) is 97.1 Å². The van der Waals surface area contributed by atoms with Crippen LogP contribution in [0.15, 0.2) is 47.1 Å². The summed E-state index contributed by atoms with van der Waals surface area (Å²) in [5.74, 6) is 0.876.